The molecule has 0 amide bonds. The second-order valence-corrected chi connectivity index (χ2v) is 10.9. The minimum Gasteiger partial charge on any atom is -0.490 e. The van der Waals surface area contributed by atoms with Crippen LogP contribution in [0.4, 0.5) is 4.39 Å². The maximum absolute atomic E-state index is 15.7. The van der Waals surface area contributed by atoms with E-state index in [9.17, 15) is 10.1 Å². The van der Waals surface area contributed by atoms with Crippen LogP contribution >= 0.6 is 0 Å². The van der Waals surface area contributed by atoms with Gasteiger partial charge in [-0.1, -0.05) is 0 Å². The van der Waals surface area contributed by atoms with Gasteiger partial charge in [-0.2, -0.15) is 5.26 Å². The third-order valence-electron chi connectivity index (χ3n) is 8.70. The highest BCUT2D eigenvalue weighted by molar-refractivity contribution is 6.09. The molecule has 1 aliphatic carbocycles. The van der Waals surface area contributed by atoms with Crippen molar-refractivity contribution in [3.8, 4) is 28.8 Å². The molecular formula is C29H29FN6O3. The number of hydrogen-bond donors (Lipinski definition) is 0. The lowest BCUT2D eigenvalue weighted by molar-refractivity contribution is 0.0719. The Morgan fingerprint density at radius 1 is 1.26 bits per heavy atom. The highest BCUT2D eigenvalue weighted by Crippen LogP contribution is 2.48. The zero-order valence-electron chi connectivity index (χ0n) is 21.8. The Morgan fingerprint density at radius 3 is 2.87 bits per heavy atom. The number of aryl methyl sites for hydroxylation is 1. The second-order valence-electron chi connectivity index (χ2n) is 10.9. The van der Waals surface area contributed by atoms with E-state index in [0.29, 0.717) is 52.4 Å². The fraction of sp³-hybridized carbons (Fsp3) is 0.448. The SMILES string of the molecule is Cn1c(=O)n2c3c4c(c(-c5ccc(OCCCN6CCC[C@H]6C#N)nc5)c(F)cc4ncc31)OCC21CCC1. The van der Waals surface area contributed by atoms with Gasteiger partial charge in [-0.3, -0.25) is 19.0 Å². The van der Waals surface area contributed by atoms with Gasteiger partial charge in [-0.15, -0.1) is 0 Å². The van der Waals surface area contributed by atoms with E-state index >= 15 is 4.39 Å². The Bertz CT molecular complexity index is 1700. The number of imidazole rings is 1. The lowest BCUT2D eigenvalue weighted by Crippen LogP contribution is -2.50. The fourth-order valence-electron chi connectivity index (χ4n) is 6.46. The average molecular weight is 529 g/mol. The van der Waals surface area contributed by atoms with Gasteiger partial charge in [-0.05, 0) is 51.1 Å². The molecule has 3 aromatic heterocycles. The Balaban J connectivity index is 1.21. The lowest BCUT2D eigenvalue weighted by Gasteiger charge is -2.41. The first-order chi connectivity index (χ1) is 19.0. The van der Waals surface area contributed by atoms with Gasteiger partial charge in [0.25, 0.3) is 0 Å². The summed E-state index contributed by atoms with van der Waals surface area (Å²) in [5.41, 5.74) is 2.27. The standard InChI is InChI=1S/C29H29FN6O3/c1-34-22-16-32-21-13-20(30)24(27-25(21)26(22)36(28(34)37)29(17-39-27)8-3-9-29)18-6-7-23(33-15-18)38-12-4-11-35-10-2-5-19(35)14-31/h6-7,13,15-16,19H,2-5,8-12,17H2,1H3/t19-/m0/s1. The largest absolute Gasteiger partial charge is 0.490 e. The molecule has 3 aliphatic rings. The van der Waals surface area contributed by atoms with Crippen molar-refractivity contribution in [3.05, 3.63) is 46.9 Å². The molecule has 0 radical (unpaired) electrons. The predicted octanol–water partition coefficient (Wildman–Crippen LogP) is 4.12. The van der Waals surface area contributed by atoms with Gasteiger partial charge in [0, 0.05) is 37.5 Å². The second kappa shape index (κ2) is 9.06. The molecule has 4 aromatic rings. The fourth-order valence-corrected chi connectivity index (χ4v) is 6.46. The third-order valence-corrected chi connectivity index (χ3v) is 8.70. The summed E-state index contributed by atoms with van der Waals surface area (Å²) >= 11 is 0. The monoisotopic (exact) mass is 528 g/mol. The minimum atomic E-state index is -0.452. The summed E-state index contributed by atoms with van der Waals surface area (Å²) in [5, 5.41) is 9.90. The van der Waals surface area contributed by atoms with Crippen molar-refractivity contribution in [1.29, 1.82) is 5.26 Å². The molecule has 39 heavy (non-hydrogen) atoms. The summed E-state index contributed by atoms with van der Waals surface area (Å²) in [6.07, 6.45) is 8.72. The van der Waals surface area contributed by atoms with Crippen LogP contribution in [0.1, 0.15) is 38.5 Å². The van der Waals surface area contributed by atoms with E-state index in [1.165, 1.54) is 6.07 Å². The van der Waals surface area contributed by atoms with Crippen LogP contribution in [0.15, 0.2) is 35.4 Å². The molecule has 1 saturated carbocycles. The van der Waals surface area contributed by atoms with Crippen LogP contribution in [-0.2, 0) is 12.6 Å². The number of fused-ring (bicyclic) bond motifs is 1. The Hall–Kier alpha value is -3.97. The smallest absolute Gasteiger partial charge is 0.329 e. The minimum absolute atomic E-state index is 0.00733. The first-order valence-corrected chi connectivity index (χ1v) is 13.6. The van der Waals surface area contributed by atoms with Crippen molar-refractivity contribution in [2.24, 2.45) is 7.05 Å². The van der Waals surface area contributed by atoms with Gasteiger partial charge in [0.15, 0.2) is 0 Å². The number of halogens is 1. The topological polar surface area (TPSA) is 98.2 Å². The number of aromatic nitrogens is 4. The Morgan fingerprint density at radius 2 is 2.13 bits per heavy atom. The highest BCUT2D eigenvalue weighted by atomic mass is 19.1. The first kappa shape index (κ1) is 24.1. The maximum atomic E-state index is 15.7. The summed E-state index contributed by atoms with van der Waals surface area (Å²) in [6, 6.07) is 7.30. The normalized spacial score (nSPS) is 19.8. The molecule has 2 fully saturated rings. The molecule has 200 valence electrons. The van der Waals surface area contributed by atoms with Crippen LogP contribution in [0.2, 0.25) is 0 Å². The maximum Gasteiger partial charge on any atom is 0.329 e. The van der Waals surface area contributed by atoms with Crippen molar-refractivity contribution >= 4 is 21.9 Å². The zero-order valence-corrected chi connectivity index (χ0v) is 21.8. The average Bonchev–Trinajstić information content (AvgIpc) is 3.43. The van der Waals surface area contributed by atoms with Crippen molar-refractivity contribution in [2.45, 2.75) is 50.1 Å². The first-order valence-electron chi connectivity index (χ1n) is 13.6. The lowest BCUT2D eigenvalue weighted by atomic mass is 9.77. The molecule has 0 unspecified atom stereocenters. The third kappa shape index (κ3) is 3.63. The van der Waals surface area contributed by atoms with Crippen LogP contribution in [0.25, 0.3) is 33.1 Å². The van der Waals surface area contributed by atoms with Crippen LogP contribution in [-0.4, -0.2) is 56.3 Å². The molecule has 0 N–H and O–H groups in total. The molecule has 1 atom stereocenters. The van der Waals surface area contributed by atoms with Crippen molar-refractivity contribution < 1.29 is 13.9 Å². The molecular weight excluding hydrogens is 499 g/mol. The number of benzene rings is 1. The van der Waals surface area contributed by atoms with E-state index in [1.54, 1.807) is 36.1 Å². The van der Waals surface area contributed by atoms with Crippen molar-refractivity contribution in [2.75, 3.05) is 26.3 Å². The van der Waals surface area contributed by atoms with E-state index in [1.807, 2.05) is 4.57 Å². The number of likely N-dealkylation sites (tertiary alicyclic amines) is 1. The molecule has 0 bridgehead atoms. The summed E-state index contributed by atoms with van der Waals surface area (Å²) < 4.78 is 31.4. The number of ether oxygens (including phenoxy) is 2. The summed E-state index contributed by atoms with van der Waals surface area (Å²) in [7, 11) is 1.75. The van der Waals surface area contributed by atoms with Crippen LogP contribution in [0.5, 0.6) is 11.6 Å². The molecule has 2 aliphatic heterocycles. The quantitative estimate of drug-likeness (QED) is 0.347. The van der Waals surface area contributed by atoms with Gasteiger partial charge in [0.05, 0.1) is 58.0 Å². The van der Waals surface area contributed by atoms with E-state index < -0.39 is 11.4 Å². The van der Waals surface area contributed by atoms with Crippen molar-refractivity contribution in [1.82, 2.24) is 24.0 Å². The summed E-state index contributed by atoms with van der Waals surface area (Å²) in [6.45, 7) is 2.55. The Labute approximate surface area is 224 Å². The van der Waals surface area contributed by atoms with Crippen LogP contribution in [0, 0.1) is 17.1 Å². The number of nitrogens with zero attached hydrogens (tertiary/aromatic N) is 6. The van der Waals surface area contributed by atoms with Crippen molar-refractivity contribution in [3.63, 3.8) is 0 Å². The van der Waals surface area contributed by atoms with Gasteiger partial charge in [0.1, 0.15) is 18.2 Å². The van der Waals surface area contributed by atoms with E-state index in [0.717, 1.165) is 57.1 Å². The van der Waals surface area contributed by atoms with Gasteiger partial charge < -0.3 is 9.47 Å². The van der Waals surface area contributed by atoms with Crippen LogP contribution < -0.4 is 15.2 Å². The molecule has 7 rings (SSSR count). The van der Waals surface area contributed by atoms with Gasteiger partial charge >= 0.3 is 5.69 Å². The molecule has 5 heterocycles. The van der Waals surface area contributed by atoms with E-state index in [4.69, 9.17) is 9.47 Å². The molecule has 1 aromatic carbocycles. The molecule has 1 saturated heterocycles. The summed E-state index contributed by atoms with van der Waals surface area (Å²) in [5.74, 6) is 0.408. The molecule has 10 heteroatoms. The Kier molecular flexibility index (Phi) is 5.60. The number of pyridine rings is 2. The number of hydrogen-bond acceptors (Lipinski definition) is 7. The highest BCUT2D eigenvalue weighted by Gasteiger charge is 2.45. The molecule has 1 spiro atoms. The van der Waals surface area contributed by atoms with E-state index in [2.05, 4.69) is 20.9 Å². The number of rotatable bonds is 6. The zero-order chi connectivity index (χ0) is 26.7. The van der Waals surface area contributed by atoms with Gasteiger partial charge in [-0.25, -0.2) is 14.2 Å². The van der Waals surface area contributed by atoms with Gasteiger partial charge in [0.2, 0.25) is 5.88 Å². The predicted molar refractivity (Wildman–Crippen MR) is 143 cm³/mol. The summed E-state index contributed by atoms with van der Waals surface area (Å²) in [4.78, 5) is 24.5. The number of nitriles is 1. The van der Waals surface area contributed by atoms with Crippen LogP contribution in [0.3, 0.4) is 0 Å². The van der Waals surface area contributed by atoms with E-state index in [-0.39, 0.29) is 11.7 Å². The molecule has 9 nitrogen and oxygen atoms in total.